The molecular formula is C17H14ClN3OS. The van der Waals surface area contributed by atoms with Crippen LogP contribution in [0, 0.1) is 5.92 Å². The fraction of sp³-hybridized carbons (Fsp3) is 0.176. The van der Waals surface area contributed by atoms with Gasteiger partial charge in [0.05, 0.1) is 23.3 Å². The third-order valence-corrected chi connectivity index (χ3v) is 5.57. The van der Waals surface area contributed by atoms with Crippen LogP contribution in [0.5, 0.6) is 0 Å². The molecule has 23 heavy (non-hydrogen) atoms. The highest BCUT2D eigenvalue weighted by atomic mass is 35.5. The number of benzene rings is 1. The van der Waals surface area contributed by atoms with E-state index in [4.69, 9.17) is 11.6 Å². The fourth-order valence-corrected chi connectivity index (χ4v) is 4.22. The average molecular weight is 344 g/mol. The Morgan fingerprint density at radius 1 is 1.26 bits per heavy atom. The van der Waals surface area contributed by atoms with Gasteiger partial charge >= 0.3 is 0 Å². The van der Waals surface area contributed by atoms with Gasteiger partial charge < -0.3 is 4.31 Å². The van der Waals surface area contributed by atoms with Crippen molar-refractivity contribution in [1.29, 1.82) is 0 Å². The van der Waals surface area contributed by atoms with Gasteiger partial charge in [0.1, 0.15) is 0 Å². The van der Waals surface area contributed by atoms with Crippen molar-refractivity contribution in [3.8, 4) is 0 Å². The van der Waals surface area contributed by atoms with Crippen molar-refractivity contribution in [2.75, 3.05) is 16.6 Å². The number of pyridine rings is 1. The molecule has 1 aromatic carbocycles. The second-order valence-corrected chi connectivity index (χ2v) is 6.90. The van der Waals surface area contributed by atoms with E-state index in [9.17, 15) is 4.79 Å². The van der Waals surface area contributed by atoms with Gasteiger partial charge in [-0.2, -0.15) is 0 Å². The summed E-state index contributed by atoms with van der Waals surface area (Å²) < 4.78 is 3.85. The molecule has 0 amide bonds. The van der Waals surface area contributed by atoms with Crippen LogP contribution in [-0.2, 0) is 0 Å². The van der Waals surface area contributed by atoms with Crippen LogP contribution in [0.2, 0.25) is 5.02 Å². The zero-order valence-electron chi connectivity index (χ0n) is 12.2. The Bertz CT molecular complexity index is 865. The van der Waals surface area contributed by atoms with Gasteiger partial charge in [0, 0.05) is 35.1 Å². The second-order valence-electron chi connectivity index (χ2n) is 5.46. The van der Waals surface area contributed by atoms with Gasteiger partial charge in [-0.05, 0) is 42.3 Å². The van der Waals surface area contributed by atoms with Crippen molar-refractivity contribution in [1.82, 2.24) is 9.55 Å². The Hall–Kier alpha value is -1.98. The van der Waals surface area contributed by atoms with Crippen molar-refractivity contribution in [2.24, 2.45) is 5.92 Å². The van der Waals surface area contributed by atoms with E-state index in [-0.39, 0.29) is 11.8 Å². The Kier molecular flexibility index (Phi) is 3.75. The first-order valence-corrected chi connectivity index (χ1v) is 8.66. The molecule has 1 unspecified atom stereocenters. The van der Waals surface area contributed by atoms with Crippen LogP contribution in [0.4, 0.5) is 5.69 Å². The molecule has 1 aliphatic rings. The monoisotopic (exact) mass is 343 g/mol. The van der Waals surface area contributed by atoms with Crippen LogP contribution in [0.3, 0.4) is 0 Å². The van der Waals surface area contributed by atoms with Crippen molar-refractivity contribution in [2.45, 2.75) is 0 Å². The van der Waals surface area contributed by atoms with Crippen molar-refractivity contribution < 1.29 is 4.79 Å². The zero-order chi connectivity index (χ0) is 15.8. The summed E-state index contributed by atoms with van der Waals surface area (Å²) in [6.45, 7) is 0.690. The molecule has 6 heteroatoms. The quantitative estimate of drug-likeness (QED) is 0.656. The molecule has 4 nitrogen and oxygen atoms in total. The number of rotatable bonds is 2. The minimum absolute atomic E-state index is 0.0465. The molecule has 116 valence electrons. The van der Waals surface area contributed by atoms with Crippen molar-refractivity contribution >= 4 is 46.0 Å². The molecule has 0 saturated carbocycles. The highest BCUT2D eigenvalue weighted by Gasteiger charge is 2.31. The smallest absolute Gasteiger partial charge is 0.236 e. The number of nitrogens with zero attached hydrogens (tertiary/aromatic N) is 3. The lowest BCUT2D eigenvalue weighted by Crippen LogP contribution is -2.26. The summed E-state index contributed by atoms with van der Waals surface area (Å²) in [5.74, 6) is 0.837. The lowest BCUT2D eigenvalue weighted by atomic mass is 10.1. The van der Waals surface area contributed by atoms with Crippen LogP contribution in [0.15, 0.2) is 55.0 Å². The van der Waals surface area contributed by atoms with Crippen LogP contribution in [0.1, 0.15) is 4.79 Å². The number of carbonyl (C=O) groups is 1. The summed E-state index contributed by atoms with van der Waals surface area (Å²) in [6.07, 6.45) is 5.39. The first-order chi connectivity index (χ1) is 11.2. The van der Waals surface area contributed by atoms with E-state index in [1.807, 2.05) is 48.8 Å². The van der Waals surface area contributed by atoms with E-state index in [2.05, 4.69) is 9.29 Å². The lowest BCUT2D eigenvalue weighted by molar-refractivity contribution is 0.0862. The summed E-state index contributed by atoms with van der Waals surface area (Å²) >= 11 is 7.86. The molecule has 0 spiro atoms. The van der Waals surface area contributed by atoms with E-state index in [1.165, 1.54) is 0 Å². The topological polar surface area (TPSA) is 38.1 Å². The molecule has 1 atom stereocenters. The summed E-state index contributed by atoms with van der Waals surface area (Å²) in [4.78, 5) is 17.0. The van der Waals surface area contributed by atoms with Gasteiger partial charge in [-0.3, -0.25) is 14.3 Å². The third kappa shape index (κ3) is 2.60. The molecular weight excluding hydrogens is 330 g/mol. The van der Waals surface area contributed by atoms with Crippen molar-refractivity contribution in [3.05, 3.63) is 60.0 Å². The number of halogens is 1. The van der Waals surface area contributed by atoms with E-state index < -0.39 is 0 Å². The van der Waals surface area contributed by atoms with Gasteiger partial charge in [0.25, 0.3) is 0 Å². The van der Waals surface area contributed by atoms with E-state index in [1.54, 1.807) is 22.7 Å². The summed E-state index contributed by atoms with van der Waals surface area (Å²) in [5, 5.41) is 1.59. The van der Waals surface area contributed by atoms with Crippen molar-refractivity contribution in [3.63, 3.8) is 0 Å². The number of carbonyl (C=O) groups excluding carboxylic acids is 1. The maximum atomic E-state index is 12.9. The number of hydrogen-bond acceptors (Lipinski definition) is 4. The lowest BCUT2D eigenvalue weighted by Gasteiger charge is -2.16. The summed E-state index contributed by atoms with van der Waals surface area (Å²) in [6, 6.07) is 11.5. The third-order valence-electron chi connectivity index (χ3n) is 4.02. The Labute approximate surface area is 143 Å². The molecule has 3 heterocycles. The molecule has 1 saturated heterocycles. The first kappa shape index (κ1) is 14.6. The summed E-state index contributed by atoms with van der Waals surface area (Å²) in [5.41, 5.74) is 1.90. The molecule has 0 bridgehead atoms. The first-order valence-electron chi connectivity index (χ1n) is 7.34. The van der Waals surface area contributed by atoms with E-state index >= 15 is 0 Å². The molecule has 1 fully saturated rings. The predicted molar refractivity (Wildman–Crippen MR) is 95.1 cm³/mol. The van der Waals surface area contributed by atoms with Gasteiger partial charge in [0.2, 0.25) is 5.91 Å². The van der Waals surface area contributed by atoms with Gasteiger partial charge in [-0.15, -0.1) is 0 Å². The van der Waals surface area contributed by atoms with Gasteiger partial charge in [0.15, 0.2) is 0 Å². The van der Waals surface area contributed by atoms with Crippen LogP contribution < -0.4 is 4.31 Å². The standard InChI is InChI=1S/C17H14ClN3OS/c18-15-4-1-5-16-14(15)6-8-20(16)17(22)12-10-21(23-11-12)13-3-2-7-19-9-13/h1-9,12H,10-11H2. The number of hydrogen-bond donors (Lipinski definition) is 0. The largest absolute Gasteiger partial charge is 0.314 e. The SMILES string of the molecule is O=C(C1CSN(c2cccnc2)C1)n1ccc2c(Cl)cccc21. The minimum Gasteiger partial charge on any atom is -0.314 e. The van der Waals surface area contributed by atoms with E-state index in [0.29, 0.717) is 11.6 Å². The predicted octanol–water partition coefficient (Wildman–Crippen LogP) is 4.11. The summed E-state index contributed by atoms with van der Waals surface area (Å²) in [7, 11) is 0. The number of aromatic nitrogens is 2. The second kappa shape index (κ2) is 5.91. The number of anilines is 1. The number of fused-ring (bicyclic) bond motifs is 1. The fourth-order valence-electron chi connectivity index (χ4n) is 2.84. The zero-order valence-corrected chi connectivity index (χ0v) is 13.8. The van der Waals surface area contributed by atoms with E-state index in [0.717, 1.165) is 22.3 Å². The minimum atomic E-state index is -0.0465. The molecule has 0 radical (unpaired) electrons. The Morgan fingerprint density at radius 2 is 2.17 bits per heavy atom. The maximum Gasteiger partial charge on any atom is 0.236 e. The van der Waals surface area contributed by atoms with Crippen LogP contribution in [0.25, 0.3) is 10.9 Å². The molecule has 0 N–H and O–H groups in total. The molecule has 0 aliphatic carbocycles. The molecule has 1 aliphatic heterocycles. The Balaban J connectivity index is 1.59. The Morgan fingerprint density at radius 3 is 3.00 bits per heavy atom. The molecule has 4 rings (SSSR count). The van der Waals surface area contributed by atoms with Crippen LogP contribution in [-0.4, -0.2) is 27.8 Å². The van der Waals surface area contributed by atoms with Gasteiger partial charge in [-0.1, -0.05) is 17.7 Å². The van der Waals surface area contributed by atoms with Crippen LogP contribution >= 0.6 is 23.5 Å². The molecule has 3 aromatic rings. The molecule has 2 aromatic heterocycles. The highest BCUT2D eigenvalue weighted by Crippen LogP contribution is 2.33. The highest BCUT2D eigenvalue weighted by molar-refractivity contribution is 8.00. The normalized spacial score (nSPS) is 17.8. The van der Waals surface area contributed by atoms with Gasteiger partial charge in [-0.25, -0.2) is 0 Å². The maximum absolute atomic E-state index is 12.9. The average Bonchev–Trinajstić information content (AvgIpc) is 3.23.